The minimum Gasteiger partial charge on any atom is -0.338 e. The number of rotatable bonds is 7. The Labute approximate surface area is 189 Å². The number of carbonyl (C=O) groups excluding carboxylic acids is 1. The van der Waals surface area contributed by atoms with E-state index in [0.29, 0.717) is 17.9 Å². The number of nitrogens with one attached hydrogen (secondary N) is 1. The predicted octanol–water partition coefficient (Wildman–Crippen LogP) is 3.02. The molecule has 0 spiro atoms. The molecule has 8 heteroatoms. The van der Waals surface area contributed by atoms with Gasteiger partial charge in [-0.3, -0.25) is 4.79 Å². The SMILES string of the molecule is Cc1ccc(S(=O)(=O)NCC2CCCN(CCC(=O)N3CCc4sccc4C3)C2)cc1. The molecule has 0 radical (unpaired) electrons. The summed E-state index contributed by atoms with van der Waals surface area (Å²) >= 11 is 1.79. The lowest BCUT2D eigenvalue weighted by atomic mass is 9.98. The third kappa shape index (κ3) is 5.74. The molecule has 1 aromatic carbocycles. The summed E-state index contributed by atoms with van der Waals surface area (Å²) in [7, 11) is -3.48. The van der Waals surface area contributed by atoms with Gasteiger partial charge in [-0.25, -0.2) is 13.1 Å². The van der Waals surface area contributed by atoms with Crippen LogP contribution in [0.4, 0.5) is 0 Å². The molecule has 4 rings (SSSR count). The molecule has 1 saturated heterocycles. The van der Waals surface area contributed by atoms with Crippen LogP contribution in [0.25, 0.3) is 0 Å². The first-order valence-corrected chi connectivity index (χ1v) is 13.4. The van der Waals surface area contributed by atoms with E-state index in [1.165, 1.54) is 10.4 Å². The van der Waals surface area contributed by atoms with Crippen LogP contribution < -0.4 is 4.72 Å². The summed E-state index contributed by atoms with van der Waals surface area (Å²) in [6, 6.07) is 9.06. The summed E-state index contributed by atoms with van der Waals surface area (Å²) < 4.78 is 27.9. The molecule has 0 saturated carbocycles. The quantitative estimate of drug-likeness (QED) is 0.688. The maximum absolute atomic E-state index is 12.7. The fourth-order valence-corrected chi connectivity index (χ4v) is 6.43. The number of sulfonamides is 1. The van der Waals surface area contributed by atoms with Crippen molar-refractivity contribution in [2.45, 2.75) is 44.0 Å². The number of hydrogen-bond donors (Lipinski definition) is 1. The van der Waals surface area contributed by atoms with Gasteiger partial charge in [-0.2, -0.15) is 0 Å². The lowest BCUT2D eigenvalue weighted by molar-refractivity contribution is -0.132. The minimum absolute atomic E-state index is 0.221. The zero-order valence-corrected chi connectivity index (χ0v) is 19.7. The largest absolute Gasteiger partial charge is 0.338 e. The van der Waals surface area contributed by atoms with E-state index in [1.54, 1.807) is 23.5 Å². The van der Waals surface area contributed by atoms with E-state index < -0.39 is 10.0 Å². The molecule has 1 aromatic heterocycles. The van der Waals surface area contributed by atoms with Crippen LogP contribution in [0.15, 0.2) is 40.6 Å². The summed E-state index contributed by atoms with van der Waals surface area (Å²) in [6.45, 7) is 6.48. The van der Waals surface area contributed by atoms with Crippen molar-refractivity contribution in [1.82, 2.24) is 14.5 Å². The first-order valence-electron chi connectivity index (χ1n) is 11.0. The monoisotopic (exact) mass is 461 g/mol. The second-order valence-corrected chi connectivity index (χ2v) is 11.4. The van der Waals surface area contributed by atoms with E-state index in [-0.39, 0.29) is 11.8 Å². The molecule has 1 atom stereocenters. The third-order valence-electron chi connectivity index (χ3n) is 6.30. The lowest BCUT2D eigenvalue weighted by Gasteiger charge is -2.33. The average Bonchev–Trinajstić information content (AvgIpc) is 3.25. The molecule has 1 N–H and O–H groups in total. The number of benzene rings is 1. The van der Waals surface area contributed by atoms with E-state index in [0.717, 1.165) is 57.5 Å². The molecule has 1 fully saturated rings. The molecule has 0 bridgehead atoms. The van der Waals surface area contributed by atoms with E-state index in [9.17, 15) is 13.2 Å². The second-order valence-electron chi connectivity index (χ2n) is 8.66. The van der Waals surface area contributed by atoms with Crippen LogP contribution in [0, 0.1) is 12.8 Å². The Kier molecular flexibility index (Phi) is 7.11. The topological polar surface area (TPSA) is 69.7 Å². The van der Waals surface area contributed by atoms with Gasteiger partial charge in [-0.05, 0) is 67.8 Å². The molecule has 3 heterocycles. The number of hydrogen-bond acceptors (Lipinski definition) is 5. The number of fused-ring (bicyclic) bond motifs is 1. The smallest absolute Gasteiger partial charge is 0.240 e. The first-order chi connectivity index (χ1) is 14.9. The molecular formula is C23H31N3O3S2. The number of thiophene rings is 1. The molecule has 2 aliphatic rings. The normalized spacial score (nSPS) is 19.9. The van der Waals surface area contributed by atoms with E-state index >= 15 is 0 Å². The van der Waals surface area contributed by atoms with Crippen molar-refractivity contribution in [1.29, 1.82) is 0 Å². The van der Waals surface area contributed by atoms with Crippen LogP contribution in [0.3, 0.4) is 0 Å². The van der Waals surface area contributed by atoms with Crippen molar-refractivity contribution in [3.8, 4) is 0 Å². The Morgan fingerprint density at radius 1 is 1.19 bits per heavy atom. The van der Waals surface area contributed by atoms with Gasteiger partial charge in [-0.1, -0.05) is 17.7 Å². The van der Waals surface area contributed by atoms with Gasteiger partial charge in [-0.15, -0.1) is 11.3 Å². The standard InChI is InChI=1S/C23H31N3O3S2/c1-18-4-6-21(7-5-18)31(28,29)24-15-19-3-2-11-25(16-19)12-9-23(27)26-13-8-22-20(17-26)10-14-30-22/h4-7,10,14,19,24H,2-3,8-9,11-13,15-17H2,1H3. The van der Waals surface area contributed by atoms with Crippen LogP contribution in [-0.4, -0.2) is 56.8 Å². The van der Waals surface area contributed by atoms with Crippen LogP contribution in [-0.2, 0) is 27.8 Å². The Balaban J connectivity index is 1.23. The number of piperidine rings is 1. The summed E-state index contributed by atoms with van der Waals surface area (Å²) in [6.07, 6.45) is 3.54. The molecular weight excluding hydrogens is 430 g/mol. The zero-order chi connectivity index (χ0) is 21.8. The highest BCUT2D eigenvalue weighted by Crippen LogP contribution is 2.24. The Morgan fingerprint density at radius 2 is 2.00 bits per heavy atom. The third-order valence-corrected chi connectivity index (χ3v) is 8.76. The molecule has 1 amide bonds. The lowest BCUT2D eigenvalue weighted by Crippen LogP contribution is -2.43. The van der Waals surface area contributed by atoms with Crippen molar-refractivity contribution in [2.75, 3.05) is 32.7 Å². The summed E-state index contributed by atoms with van der Waals surface area (Å²) in [5, 5.41) is 2.11. The maximum Gasteiger partial charge on any atom is 0.240 e. The highest BCUT2D eigenvalue weighted by Gasteiger charge is 2.25. The predicted molar refractivity (Wildman–Crippen MR) is 124 cm³/mol. The number of carbonyl (C=O) groups is 1. The van der Waals surface area contributed by atoms with Gasteiger partial charge in [0.1, 0.15) is 0 Å². The number of nitrogens with zero attached hydrogens (tertiary/aromatic N) is 2. The van der Waals surface area contributed by atoms with Gasteiger partial charge in [0.2, 0.25) is 15.9 Å². The molecule has 6 nitrogen and oxygen atoms in total. The van der Waals surface area contributed by atoms with Gasteiger partial charge in [0.25, 0.3) is 0 Å². The highest BCUT2D eigenvalue weighted by molar-refractivity contribution is 7.89. The first kappa shape index (κ1) is 22.5. The van der Waals surface area contributed by atoms with Crippen LogP contribution in [0.5, 0.6) is 0 Å². The van der Waals surface area contributed by atoms with Gasteiger partial charge in [0.05, 0.1) is 4.90 Å². The molecule has 1 unspecified atom stereocenters. The van der Waals surface area contributed by atoms with Gasteiger partial charge < -0.3 is 9.80 Å². The number of amides is 1. The molecule has 2 aliphatic heterocycles. The van der Waals surface area contributed by atoms with Crippen molar-refractivity contribution < 1.29 is 13.2 Å². The van der Waals surface area contributed by atoms with Crippen LogP contribution in [0.1, 0.15) is 35.3 Å². The fraction of sp³-hybridized carbons (Fsp3) is 0.522. The van der Waals surface area contributed by atoms with Crippen molar-refractivity contribution in [3.05, 3.63) is 51.7 Å². The van der Waals surface area contributed by atoms with Crippen molar-refractivity contribution in [3.63, 3.8) is 0 Å². The van der Waals surface area contributed by atoms with E-state index in [2.05, 4.69) is 21.1 Å². The zero-order valence-electron chi connectivity index (χ0n) is 18.0. The molecule has 2 aromatic rings. The summed E-state index contributed by atoms with van der Waals surface area (Å²) in [4.78, 5) is 18.7. The maximum atomic E-state index is 12.7. The number of likely N-dealkylation sites (tertiary alicyclic amines) is 1. The van der Waals surface area contributed by atoms with Crippen LogP contribution >= 0.6 is 11.3 Å². The van der Waals surface area contributed by atoms with Gasteiger partial charge in [0, 0.05) is 44.0 Å². The van der Waals surface area contributed by atoms with Crippen LogP contribution in [0.2, 0.25) is 0 Å². The van der Waals surface area contributed by atoms with Gasteiger partial charge >= 0.3 is 0 Å². The Bertz CT molecular complexity index is 1000. The molecule has 0 aliphatic carbocycles. The summed E-state index contributed by atoms with van der Waals surface area (Å²) in [5.41, 5.74) is 2.33. The minimum atomic E-state index is -3.48. The van der Waals surface area contributed by atoms with E-state index in [1.807, 2.05) is 24.0 Å². The average molecular weight is 462 g/mol. The van der Waals surface area contributed by atoms with Crippen molar-refractivity contribution in [2.24, 2.45) is 5.92 Å². The molecule has 168 valence electrons. The van der Waals surface area contributed by atoms with Crippen molar-refractivity contribution >= 4 is 27.3 Å². The fourth-order valence-electron chi connectivity index (χ4n) is 4.42. The molecule has 31 heavy (non-hydrogen) atoms. The number of aryl methyl sites for hydroxylation is 1. The summed E-state index contributed by atoms with van der Waals surface area (Å²) in [5.74, 6) is 0.492. The van der Waals surface area contributed by atoms with E-state index in [4.69, 9.17) is 0 Å². The Hall–Kier alpha value is -1.74. The van der Waals surface area contributed by atoms with Gasteiger partial charge in [0.15, 0.2) is 0 Å². The highest BCUT2D eigenvalue weighted by atomic mass is 32.2. The second kappa shape index (κ2) is 9.81. The Morgan fingerprint density at radius 3 is 2.81 bits per heavy atom.